The van der Waals surface area contributed by atoms with Crippen LogP contribution in [0.1, 0.15) is 45.8 Å². The first-order valence-corrected chi connectivity index (χ1v) is 37.4. The van der Waals surface area contributed by atoms with Crippen LogP contribution in [0.3, 0.4) is 0 Å². The van der Waals surface area contributed by atoms with E-state index in [1.807, 2.05) is 132 Å². The monoisotopic (exact) mass is 1630 g/mol. The quantitative estimate of drug-likeness (QED) is 0.0397. The first-order chi connectivity index (χ1) is 54.8. The molecule has 12 rings (SSSR count). The van der Waals surface area contributed by atoms with Crippen LogP contribution >= 0.6 is 46.4 Å². The Morgan fingerprint density at radius 3 is 1.27 bits per heavy atom. The number of carbonyl (C=O) groups excluding carboxylic acids is 4. The van der Waals surface area contributed by atoms with Gasteiger partial charge in [-0.15, -0.1) is 46.4 Å². The summed E-state index contributed by atoms with van der Waals surface area (Å²) in [6.07, 6.45) is -1.02. The predicted octanol–water partition coefficient (Wildman–Crippen LogP) is 16.4. The van der Waals surface area contributed by atoms with Crippen molar-refractivity contribution in [3.63, 3.8) is 0 Å². The number of nitrogens with one attached hydrogen (secondary N) is 2. The second-order valence-corrected chi connectivity index (χ2v) is 26.3. The number of aromatic nitrogens is 2. The Kier molecular flexibility index (Phi) is 31.8. The number of methoxy groups -OCH3 is 8. The molecule has 1 aromatic heterocycles. The van der Waals surface area contributed by atoms with Gasteiger partial charge in [0.15, 0.2) is 17.2 Å². The lowest BCUT2D eigenvalue weighted by molar-refractivity contribution is 0.1000. The summed E-state index contributed by atoms with van der Waals surface area (Å²) in [7, 11) is 12.6. The fraction of sp³-hybridized carbons (Fsp3) is 0.274. The molecule has 0 spiro atoms. The average Bonchev–Trinajstić information content (AvgIpc) is 1.64. The van der Waals surface area contributed by atoms with Crippen molar-refractivity contribution in [1.29, 1.82) is 0 Å². The molecule has 0 bridgehead atoms. The zero-order chi connectivity index (χ0) is 81.1. The van der Waals surface area contributed by atoms with E-state index in [-0.39, 0.29) is 42.2 Å². The van der Waals surface area contributed by atoms with Crippen molar-refractivity contribution >= 4 is 114 Å². The fourth-order valence-corrected chi connectivity index (χ4v) is 13.4. The molecule has 0 saturated heterocycles. The molecule has 2 N–H and O–H groups in total. The van der Waals surface area contributed by atoms with Gasteiger partial charge in [-0.25, -0.2) is 24.0 Å². The Hall–Kier alpha value is -11.6. The smallest absolute Gasteiger partial charge is 0.425 e. The molecule has 24 nitrogen and oxygen atoms in total. The van der Waals surface area contributed by atoms with Crippen LogP contribution in [0.5, 0.6) is 46.0 Å². The van der Waals surface area contributed by atoms with E-state index in [4.69, 9.17) is 103 Å². The summed E-state index contributed by atoms with van der Waals surface area (Å²) < 4.78 is 78.1. The number of carbonyl (C=O) groups is 4. The number of hydrogen-bond acceptors (Lipinski definition) is 19. The van der Waals surface area contributed by atoms with E-state index < -0.39 is 47.5 Å². The van der Waals surface area contributed by atoms with Crippen LogP contribution in [0.25, 0.3) is 54.2 Å². The van der Waals surface area contributed by atoms with Gasteiger partial charge in [0, 0.05) is 61.5 Å². The Balaban J connectivity index is 0.000000180. The zero-order valence-electron chi connectivity index (χ0n) is 63.2. The van der Waals surface area contributed by atoms with Gasteiger partial charge in [0.1, 0.15) is 49.4 Å². The van der Waals surface area contributed by atoms with Crippen LogP contribution in [-0.2, 0) is 51.8 Å². The van der Waals surface area contributed by atoms with Crippen molar-refractivity contribution in [1.82, 2.24) is 24.7 Å². The van der Waals surface area contributed by atoms with Crippen LogP contribution in [0.4, 0.5) is 23.6 Å². The van der Waals surface area contributed by atoms with Crippen molar-refractivity contribution in [2.75, 3.05) is 107 Å². The van der Waals surface area contributed by atoms with E-state index in [0.717, 1.165) is 88.2 Å². The number of fused-ring (bicyclic) bond motifs is 7. The largest absolute Gasteiger partial charge is 0.497 e. The number of amides is 3. The molecule has 0 aliphatic heterocycles. The number of halogens is 5. The second kappa shape index (κ2) is 42.1. The van der Waals surface area contributed by atoms with Crippen molar-refractivity contribution in [3.8, 4) is 57.1 Å². The molecule has 10 aromatic carbocycles. The van der Waals surface area contributed by atoms with E-state index >= 15 is 0 Å². The predicted molar refractivity (Wildman–Crippen MR) is 434 cm³/mol. The van der Waals surface area contributed by atoms with Crippen molar-refractivity contribution in [3.05, 3.63) is 246 Å². The lowest BCUT2D eigenvalue weighted by Gasteiger charge is -2.20. The summed E-state index contributed by atoms with van der Waals surface area (Å²) in [4.78, 5) is 90.6. The lowest BCUT2D eigenvalue weighted by Crippen LogP contribution is -2.41. The van der Waals surface area contributed by atoms with E-state index in [0.29, 0.717) is 108 Å². The van der Waals surface area contributed by atoms with Crippen molar-refractivity contribution < 1.29 is 80.4 Å². The minimum absolute atomic E-state index is 0.0702. The highest BCUT2D eigenvalue weighted by atomic mass is 35.5. The number of rotatable bonds is 25. The molecule has 3 amide bonds. The van der Waals surface area contributed by atoms with Crippen LogP contribution in [0.15, 0.2) is 190 Å². The summed E-state index contributed by atoms with van der Waals surface area (Å²) in [5.41, 5.74) is 3.65. The van der Waals surface area contributed by atoms with Crippen molar-refractivity contribution in [2.24, 2.45) is 0 Å². The molecule has 594 valence electrons. The highest BCUT2D eigenvalue weighted by molar-refractivity contribution is 6.19. The number of aryl methyl sites for hydroxylation is 1. The summed E-state index contributed by atoms with van der Waals surface area (Å²) in [6.45, 7) is 1.94. The molecular weight excluding hydrogens is 1540 g/mol. The first-order valence-electron chi connectivity index (χ1n) is 35.3. The number of benzene rings is 9. The number of aromatic amines is 1. The first kappa shape index (κ1) is 85.4. The molecule has 1 aliphatic carbocycles. The molecule has 1 heterocycles. The standard InChI is InChI=1S/C33H33NO8.2C17H19Cl2NO3.C17H13FN2O5/c1-37-22-10-11-23-19(15-22)7-6-8-21(23)18-42-33(36)34-26-13-9-20-16-29(39-3)31(40-4)32(41-5)30(20)24-12-14-28(38-2)27(35)17-25(24)26;2*1-22-15-5-6-16-13(11-15)3-2-4-14(16)12-23-17(21)20(9-7-18)10-8-19;1-24-12-5-6-13-10(7-12)3-2-4-11(13)9-25-17(23)20-15(21)14(18)8-19-16(20)22/h6-8,10-12,14-17,26H,9,13,18H2,1-5H3,(H,34,36);2*2-6,11H,7-10,12H2,1H3;2-8H,9H2,1H3,(H,19,22). The topological polar surface area (TPSA) is 269 Å². The van der Waals surface area contributed by atoms with E-state index in [2.05, 4.69) is 5.32 Å². The third-order valence-electron chi connectivity index (χ3n) is 18.2. The Labute approximate surface area is 670 Å². The molecule has 1 atom stereocenters. The number of alkyl halides is 4. The average molecular weight is 1630 g/mol. The summed E-state index contributed by atoms with van der Waals surface area (Å²) in [5.74, 6) is 4.76. The minimum atomic E-state index is -1.36. The highest BCUT2D eigenvalue weighted by Gasteiger charge is 2.31. The highest BCUT2D eigenvalue weighted by Crippen LogP contribution is 2.50. The van der Waals surface area contributed by atoms with Gasteiger partial charge in [-0.3, -0.25) is 9.59 Å². The molecular formula is C84H84Cl4FN5O19. The molecule has 0 radical (unpaired) electrons. The Morgan fingerprint density at radius 2 is 0.876 bits per heavy atom. The van der Waals surface area contributed by atoms with E-state index in [1.165, 1.54) is 23.0 Å². The maximum absolute atomic E-state index is 13.2. The fourth-order valence-electron chi connectivity index (χ4n) is 12.5. The van der Waals surface area contributed by atoms with E-state index in [1.54, 1.807) is 86.2 Å². The number of alkyl carbamates (subject to hydrolysis) is 1. The summed E-state index contributed by atoms with van der Waals surface area (Å²) in [5, 5.41) is 10.8. The third kappa shape index (κ3) is 21.7. The molecule has 1 unspecified atom stereocenters. The minimum Gasteiger partial charge on any atom is -0.497 e. The lowest BCUT2D eigenvalue weighted by atomic mass is 9.95. The van der Waals surface area contributed by atoms with Gasteiger partial charge in [0.05, 0.1) is 62.9 Å². The SMILES string of the molecule is COc1ccc2c(COC(=O)N(CCCl)CCCl)cccc2c1.COc1ccc2c(COC(=O)N(CCCl)CCCl)cccc2c1.COc1ccc2c(COC(=O)NC3CCc4cc(OC)c(OC)c(OC)c4-c4ccc(OC)c(=O)cc43)cccc2c1.COc1ccc2c(COC(=O)n3c(=O)[nH]cc(F)c3=O)cccc2c1. The molecule has 29 heteroatoms. The van der Waals surface area contributed by atoms with Gasteiger partial charge >= 0.3 is 35.6 Å². The van der Waals surface area contributed by atoms with Gasteiger partial charge in [-0.05, 0) is 162 Å². The third-order valence-corrected chi connectivity index (χ3v) is 18.9. The van der Waals surface area contributed by atoms with Gasteiger partial charge in [-0.1, -0.05) is 103 Å². The van der Waals surface area contributed by atoms with Gasteiger partial charge in [0.2, 0.25) is 17.0 Å². The van der Waals surface area contributed by atoms with Gasteiger partial charge < -0.3 is 76.9 Å². The number of H-pyrrole nitrogens is 1. The normalized spacial score (nSPS) is 11.7. The number of ether oxygens (including phenoxy) is 12. The molecule has 11 aromatic rings. The number of hydrogen-bond donors (Lipinski definition) is 2. The van der Waals surface area contributed by atoms with Crippen LogP contribution < -0.4 is 59.9 Å². The summed E-state index contributed by atoms with van der Waals surface area (Å²) in [6, 6.07) is 52.0. The van der Waals surface area contributed by atoms with E-state index in [9.17, 15) is 38.0 Å². The zero-order valence-corrected chi connectivity index (χ0v) is 66.2. The second-order valence-electron chi connectivity index (χ2n) is 24.8. The molecule has 0 saturated carbocycles. The maximum Gasteiger partial charge on any atom is 0.425 e. The summed E-state index contributed by atoms with van der Waals surface area (Å²) >= 11 is 22.8. The van der Waals surface area contributed by atoms with Crippen LogP contribution in [-0.4, -0.2) is 150 Å². The molecule has 1 aliphatic rings. The molecule has 0 fully saturated rings. The van der Waals surface area contributed by atoms with Crippen molar-refractivity contribution in [2.45, 2.75) is 45.3 Å². The maximum atomic E-state index is 13.2. The van der Waals surface area contributed by atoms with Gasteiger partial charge in [0.25, 0.3) is 0 Å². The molecule has 113 heavy (non-hydrogen) atoms. The van der Waals surface area contributed by atoms with Crippen LogP contribution in [0.2, 0.25) is 0 Å². The van der Waals surface area contributed by atoms with Gasteiger partial charge in [-0.2, -0.15) is 8.96 Å². The number of nitrogens with zero attached hydrogens (tertiary/aromatic N) is 3. The Bertz CT molecular complexity index is 5240. The van der Waals surface area contributed by atoms with Crippen LogP contribution in [0, 0.1) is 5.82 Å². The Morgan fingerprint density at radius 1 is 0.469 bits per heavy atom.